The molecule has 1 fully saturated rings. The summed E-state index contributed by atoms with van der Waals surface area (Å²) in [5.74, 6) is 2.33. The molecule has 7 heteroatoms. The van der Waals surface area contributed by atoms with Crippen molar-refractivity contribution < 1.29 is 14.3 Å². The Labute approximate surface area is 203 Å². The molecule has 0 N–H and O–H groups in total. The molecule has 0 spiro atoms. The number of imidazole rings is 1. The second-order valence-electron chi connectivity index (χ2n) is 8.49. The van der Waals surface area contributed by atoms with Gasteiger partial charge in [0.15, 0.2) is 0 Å². The highest BCUT2D eigenvalue weighted by Crippen LogP contribution is 2.38. The maximum absolute atomic E-state index is 13.1. The van der Waals surface area contributed by atoms with Crippen molar-refractivity contribution in [2.75, 3.05) is 25.2 Å². The van der Waals surface area contributed by atoms with E-state index in [0.29, 0.717) is 42.6 Å². The van der Waals surface area contributed by atoms with E-state index in [1.54, 1.807) is 30.2 Å². The number of rotatable bonds is 7. The third-order valence-corrected chi connectivity index (χ3v) is 6.45. The molecule has 1 aromatic heterocycles. The summed E-state index contributed by atoms with van der Waals surface area (Å²) >= 11 is 6.22. The van der Waals surface area contributed by atoms with Crippen molar-refractivity contribution >= 4 is 34.2 Å². The molecule has 1 aliphatic heterocycles. The predicted octanol–water partition coefficient (Wildman–Crippen LogP) is 5.61. The number of hydrogen-bond donors (Lipinski definition) is 0. The zero-order valence-corrected chi connectivity index (χ0v) is 20.0. The van der Waals surface area contributed by atoms with Crippen LogP contribution in [0.15, 0.2) is 66.7 Å². The minimum atomic E-state index is -0.0528. The Morgan fingerprint density at radius 1 is 1.09 bits per heavy atom. The summed E-state index contributed by atoms with van der Waals surface area (Å²) < 4.78 is 13.7. The second kappa shape index (κ2) is 9.39. The third kappa shape index (κ3) is 4.33. The van der Waals surface area contributed by atoms with Crippen LogP contribution >= 0.6 is 11.6 Å². The number of halogens is 1. The number of aromatic nitrogens is 2. The number of fused-ring (bicyclic) bond motifs is 1. The van der Waals surface area contributed by atoms with Gasteiger partial charge in [-0.2, -0.15) is 0 Å². The first kappa shape index (κ1) is 22.3. The van der Waals surface area contributed by atoms with Crippen LogP contribution in [0.1, 0.15) is 23.7 Å². The maximum Gasteiger partial charge on any atom is 0.227 e. The van der Waals surface area contributed by atoms with E-state index in [2.05, 4.69) is 17.6 Å². The van der Waals surface area contributed by atoms with Crippen molar-refractivity contribution in [1.82, 2.24) is 9.55 Å². The van der Waals surface area contributed by atoms with Gasteiger partial charge in [-0.25, -0.2) is 4.98 Å². The second-order valence-corrected chi connectivity index (χ2v) is 8.93. The van der Waals surface area contributed by atoms with Gasteiger partial charge in [-0.3, -0.25) is 4.79 Å². The summed E-state index contributed by atoms with van der Waals surface area (Å²) in [5, 5.41) is 0.563. The minimum absolute atomic E-state index is 0.0279. The van der Waals surface area contributed by atoms with E-state index in [-0.39, 0.29) is 11.8 Å². The van der Waals surface area contributed by atoms with Crippen molar-refractivity contribution in [2.45, 2.75) is 25.8 Å². The first-order valence-electron chi connectivity index (χ1n) is 11.3. The average Bonchev–Trinajstić information content (AvgIpc) is 3.41. The smallest absolute Gasteiger partial charge is 0.227 e. The molecule has 1 aliphatic rings. The van der Waals surface area contributed by atoms with Crippen LogP contribution in [-0.4, -0.2) is 35.7 Å². The van der Waals surface area contributed by atoms with Gasteiger partial charge >= 0.3 is 0 Å². The summed E-state index contributed by atoms with van der Waals surface area (Å²) in [5.41, 5.74) is 3.84. The normalized spacial score (nSPS) is 15.8. The number of hydrogen-bond acceptors (Lipinski definition) is 4. The van der Waals surface area contributed by atoms with Crippen LogP contribution in [0.3, 0.4) is 0 Å². The number of carbonyl (C=O) groups excluding carboxylic acids is 1. The first-order valence-corrected chi connectivity index (χ1v) is 11.7. The molecule has 5 rings (SSSR count). The molecule has 4 aromatic rings. The summed E-state index contributed by atoms with van der Waals surface area (Å²) in [6.45, 7) is 3.70. The summed E-state index contributed by atoms with van der Waals surface area (Å²) in [6.07, 6.45) is 0.373. The largest absolute Gasteiger partial charge is 0.495 e. The average molecular weight is 476 g/mol. The number of nitrogens with zero attached hydrogens (tertiary/aromatic N) is 3. The summed E-state index contributed by atoms with van der Waals surface area (Å²) in [7, 11) is 1.60. The quantitative estimate of drug-likeness (QED) is 0.349. The molecule has 0 radical (unpaired) electrons. The van der Waals surface area contributed by atoms with Gasteiger partial charge in [-0.15, -0.1) is 0 Å². The van der Waals surface area contributed by atoms with Crippen LogP contribution in [0, 0.1) is 6.92 Å². The van der Waals surface area contributed by atoms with Crippen LogP contribution in [0.4, 0.5) is 5.69 Å². The van der Waals surface area contributed by atoms with E-state index < -0.39 is 0 Å². The lowest BCUT2D eigenvalue weighted by atomic mass is 10.1. The van der Waals surface area contributed by atoms with Gasteiger partial charge < -0.3 is 18.9 Å². The van der Waals surface area contributed by atoms with Crippen molar-refractivity contribution in [3.8, 4) is 11.5 Å². The van der Waals surface area contributed by atoms with Crippen molar-refractivity contribution in [3.05, 3.63) is 83.1 Å². The lowest BCUT2D eigenvalue weighted by molar-refractivity contribution is -0.117. The number of methoxy groups -OCH3 is 1. The number of carbonyl (C=O) groups is 1. The molecule has 3 aromatic carbocycles. The molecule has 0 bridgehead atoms. The van der Waals surface area contributed by atoms with Gasteiger partial charge in [0.25, 0.3) is 0 Å². The molecule has 174 valence electrons. The van der Waals surface area contributed by atoms with Crippen molar-refractivity contribution in [3.63, 3.8) is 0 Å². The number of amides is 1. The predicted molar refractivity (Wildman–Crippen MR) is 134 cm³/mol. The van der Waals surface area contributed by atoms with E-state index in [1.165, 1.54) is 5.56 Å². The monoisotopic (exact) mass is 475 g/mol. The Balaban J connectivity index is 1.42. The fraction of sp³-hybridized carbons (Fsp3) is 0.259. The molecule has 2 heterocycles. The highest BCUT2D eigenvalue weighted by Gasteiger charge is 2.36. The molecular weight excluding hydrogens is 450 g/mol. The molecule has 0 aliphatic carbocycles. The van der Waals surface area contributed by atoms with Crippen LogP contribution in [0.5, 0.6) is 11.5 Å². The van der Waals surface area contributed by atoms with Crippen molar-refractivity contribution in [1.29, 1.82) is 0 Å². The molecule has 1 saturated heterocycles. The Morgan fingerprint density at radius 3 is 2.68 bits per heavy atom. The van der Waals surface area contributed by atoms with Crippen molar-refractivity contribution in [2.24, 2.45) is 0 Å². The zero-order valence-electron chi connectivity index (χ0n) is 19.2. The fourth-order valence-electron chi connectivity index (χ4n) is 4.52. The van der Waals surface area contributed by atoms with Gasteiger partial charge in [0, 0.05) is 23.9 Å². The minimum Gasteiger partial charge on any atom is -0.495 e. The van der Waals surface area contributed by atoms with E-state index in [4.69, 9.17) is 26.1 Å². The number of ether oxygens (including phenoxy) is 2. The van der Waals surface area contributed by atoms with Gasteiger partial charge in [-0.05, 0) is 49.4 Å². The van der Waals surface area contributed by atoms with Gasteiger partial charge in [0.1, 0.15) is 23.9 Å². The molecule has 0 unspecified atom stereocenters. The lowest BCUT2D eigenvalue weighted by Gasteiger charge is -2.20. The Kier molecular flexibility index (Phi) is 6.16. The fourth-order valence-corrected chi connectivity index (χ4v) is 4.68. The van der Waals surface area contributed by atoms with Crippen LogP contribution in [-0.2, 0) is 11.3 Å². The van der Waals surface area contributed by atoms with E-state index >= 15 is 0 Å². The van der Waals surface area contributed by atoms with E-state index in [1.807, 2.05) is 42.5 Å². The van der Waals surface area contributed by atoms with E-state index in [9.17, 15) is 4.79 Å². The van der Waals surface area contributed by atoms with Gasteiger partial charge in [0.2, 0.25) is 5.91 Å². The SMILES string of the molecule is COc1ccc(Cl)cc1N1C[C@@H](c2nc3ccccc3n2CCOc2ccc(C)cc2)CC1=O. The molecule has 34 heavy (non-hydrogen) atoms. The Hall–Kier alpha value is -3.51. The molecular formula is C27H26ClN3O3. The van der Waals surface area contributed by atoms with E-state index in [0.717, 1.165) is 22.6 Å². The third-order valence-electron chi connectivity index (χ3n) is 6.21. The Morgan fingerprint density at radius 2 is 1.88 bits per heavy atom. The number of aryl methyl sites for hydroxylation is 1. The van der Waals surface area contributed by atoms with Gasteiger partial charge in [-0.1, -0.05) is 41.4 Å². The van der Waals surface area contributed by atoms with Crippen LogP contribution < -0.4 is 14.4 Å². The molecule has 0 saturated carbocycles. The number of para-hydroxylation sites is 2. The number of benzene rings is 3. The summed E-state index contributed by atoms with van der Waals surface area (Å²) in [4.78, 5) is 19.7. The molecule has 1 atom stereocenters. The summed E-state index contributed by atoms with van der Waals surface area (Å²) in [6, 6.07) is 21.4. The lowest BCUT2D eigenvalue weighted by Crippen LogP contribution is -2.25. The molecule has 1 amide bonds. The highest BCUT2D eigenvalue weighted by molar-refractivity contribution is 6.31. The highest BCUT2D eigenvalue weighted by atomic mass is 35.5. The maximum atomic E-state index is 13.1. The Bertz CT molecular complexity index is 1330. The topological polar surface area (TPSA) is 56.6 Å². The van der Waals surface area contributed by atoms with Crippen LogP contribution in [0.25, 0.3) is 11.0 Å². The first-order chi connectivity index (χ1) is 16.5. The molecule has 6 nitrogen and oxygen atoms in total. The van der Waals surface area contributed by atoms with Gasteiger partial charge in [0.05, 0.1) is 30.4 Å². The zero-order chi connectivity index (χ0) is 23.7. The number of anilines is 1. The van der Waals surface area contributed by atoms with Crippen LogP contribution in [0.2, 0.25) is 5.02 Å². The standard InChI is InChI=1S/C27H26ClN3O3/c1-18-7-10-21(11-8-18)34-14-13-30-23-6-4-3-5-22(23)29-27(30)19-15-26(32)31(17-19)24-16-20(28)9-12-25(24)33-2/h3-12,16,19H,13-15,17H2,1-2H3/t19-/m0/s1.